The second-order valence-electron chi connectivity index (χ2n) is 4.52. The fraction of sp³-hybridized carbons (Fsp3) is 0.200. The van der Waals surface area contributed by atoms with Gasteiger partial charge in [0, 0.05) is 12.5 Å². The molecule has 3 N–H and O–H groups in total. The molecule has 2 atom stereocenters. The van der Waals surface area contributed by atoms with E-state index in [0.29, 0.717) is 15.6 Å². The van der Waals surface area contributed by atoms with Gasteiger partial charge >= 0.3 is 0 Å². The van der Waals surface area contributed by atoms with Crippen LogP contribution in [0.15, 0.2) is 46.9 Å². The number of nitrogens with two attached hydrogens (primary N) is 1. The minimum Gasteiger partial charge on any atom is -0.388 e. The van der Waals surface area contributed by atoms with E-state index in [1.165, 1.54) is 24.3 Å². The van der Waals surface area contributed by atoms with Gasteiger partial charge in [0.05, 0.1) is 10.6 Å². The SMILES string of the molecule is NCC(c1cccc(F)c1)C(O)c1ccc(Br)c(F)c1. The molecule has 0 amide bonds. The molecule has 2 rings (SSSR count). The Hall–Kier alpha value is -1.30. The molecule has 0 bridgehead atoms. The maximum atomic E-state index is 13.5. The Labute approximate surface area is 124 Å². The summed E-state index contributed by atoms with van der Waals surface area (Å²) in [5.41, 5.74) is 6.67. The standard InChI is InChI=1S/C15H14BrF2NO/c16-13-5-4-10(7-14(13)18)15(20)12(8-19)9-2-1-3-11(17)6-9/h1-7,12,15,20H,8,19H2. The van der Waals surface area contributed by atoms with Crippen molar-refractivity contribution in [2.45, 2.75) is 12.0 Å². The van der Waals surface area contributed by atoms with E-state index in [2.05, 4.69) is 15.9 Å². The molecule has 0 radical (unpaired) electrons. The van der Waals surface area contributed by atoms with Crippen LogP contribution in [0.1, 0.15) is 23.1 Å². The molecule has 2 aromatic rings. The van der Waals surface area contributed by atoms with Crippen molar-refractivity contribution in [3.05, 3.63) is 69.7 Å². The Bertz CT molecular complexity index is 606. The lowest BCUT2D eigenvalue weighted by atomic mass is 9.89. The topological polar surface area (TPSA) is 46.2 Å². The summed E-state index contributed by atoms with van der Waals surface area (Å²) in [6, 6.07) is 10.3. The monoisotopic (exact) mass is 341 g/mol. The minimum absolute atomic E-state index is 0.127. The van der Waals surface area contributed by atoms with E-state index < -0.39 is 23.7 Å². The van der Waals surface area contributed by atoms with Crippen molar-refractivity contribution in [1.82, 2.24) is 0 Å². The summed E-state index contributed by atoms with van der Waals surface area (Å²) in [5.74, 6) is -1.35. The lowest BCUT2D eigenvalue weighted by Gasteiger charge is -2.22. The number of hydrogen-bond acceptors (Lipinski definition) is 2. The summed E-state index contributed by atoms with van der Waals surface area (Å²) in [4.78, 5) is 0. The third kappa shape index (κ3) is 3.23. The highest BCUT2D eigenvalue weighted by atomic mass is 79.9. The van der Waals surface area contributed by atoms with Gasteiger partial charge in [0.2, 0.25) is 0 Å². The van der Waals surface area contributed by atoms with Gasteiger partial charge in [-0.3, -0.25) is 0 Å². The van der Waals surface area contributed by atoms with Gasteiger partial charge in [-0.2, -0.15) is 0 Å². The van der Waals surface area contributed by atoms with E-state index in [9.17, 15) is 13.9 Å². The molecule has 0 spiro atoms. The van der Waals surface area contributed by atoms with Crippen molar-refractivity contribution in [2.75, 3.05) is 6.54 Å². The van der Waals surface area contributed by atoms with E-state index in [-0.39, 0.29) is 6.54 Å². The van der Waals surface area contributed by atoms with Crippen LogP contribution in [-0.2, 0) is 0 Å². The van der Waals surface area contributed by atoms with Gasteiger partial charge < -0.3 is 10.8 Å². The van der Waals surface area contributed by atoms with E-state index in [0.717, 1.165) is 0 Å². The van der Waals surface area contributed by atoms with Crippen molar-refractivity contribution in [2.24, 2.45) is 5.73 Å². The summed E-state index contributed by atoms with van der Waals surface area (Å²) in [6.45, 7) is 0.127. The number of halogens is 3. The molecular weight excluding hydrogens is 328 g/mol. The molecule has 20 heavy (non-hydrogen) atoms. The first-order valence-electron chi connectivity index (χ1n) is 6.11. The summed E-state index contributed by atoms with van der Waals surface area (Å²) >= 11 is 3.06. The zero-order chi connectivity index (χ0) is 14.7. The van der Waals surface area contributed by atoms with Crippen LogP contribution in [0.3, 0.4) is 0 Å². The van der Waals surface area contributed by atoms with Gasteiger partial charge in [-0.25, -0.2) is 8.78 Å². The van der Waals surface area contributed by atoms with Gasteiger partial charge in [-0.15, -0.1) is 0 Å². The molecule has 2 nitrogen and oxygen atoms in total. The Morgan fingerprint density at radius 1 is 1.10 bits per heavy atom. The predicted octanol–water partition coefficient (Wildman–Crippen LogP) is 3.50. The summed E-state index contributed by atoms with van der Waals surface area (Å²) in [7, 11) is 0. The number of benzene rings is 2. The second-order valence-corrected chi connectivity index (χ2v) is 5.37. The lowest BCUT2D eigenvalue weighted by molar-refractivity contribution is 0.147. The third-order valence-corrected chi connectivity index (χ3v) is 3.84. The highest BCUT2D eigenvalue weighted by Gasteiger charge is 2.22. The van der Waals surface area contributed by atoms with Gasteiger partial charge in [0.15, 0.2) is 0 Å². The van der Waals surface area contributed by atoms with Crippen molar-refractivity contribution in [3.8, 4) is 0 Å². The maximum absolute atomic E-state index is 13.5. The zero-order valence-electron chi connectivity index (χ0n) is 10.6. The Morgan fingerprint density at radius 2 is 1.85 bits per heavy atom. The first kappa shape index (κ1) is 15.1. The highest BCUT2D eigenvalue weighted by Crippen LogP contribution is 2.31. The largest absolute Gasteiger partial charge is 0.388 e. The Balaban J connectivity index is 2.33. The normalized spacial score (nSPS) is 14.1. The van der Waals surface area contributed by atoms with Crippen LogP contribution in [0, 0.1) is 11.6 Å². The molecule has 0 aromatic heterocycles. The van der Waals surface area contributed by atoms with E-state index >= 15 is 0 Å². The molecule has 0 saturated heterocycles. The number of aliphatic hydroxyl groups excluding tert-OH is 1. The number of hydrogen-bond donors (Lipinski definition) is 2. The average molecular weight is 342 g/mol. The van der Waals surface area contributed by atoms with E-state index in [1.54, 1.807) is 18.2 Å². The smallest absolute Gasteiger partial charge is 0.137 e. The van der Waals surface area contributed by atoms with Crippen molar-refractivity contribution in [1.29, 1.82) is 0 Å². The molecule has 0 aliphatic rings. The fourth-order valence-corrected chi connectivity index (χ4v) is 2.36. The van der Waals surface area contributed by atoms with Crippen LogP contribution in [0.2, 0.25) is 0 Å². The quantitative estimate of drug-likeness (QED) is 0.893. The third-order valence-electron chi connectivity index (χ3n) is 3.20. The number of aliphatic hydroxyl groups is 1. The van der Waals surface area contributed by atoms with Gasteiger partial charge in [0.25, 0.3) is 0 Å². The summed E-state index contributed by atoms with van der Waals surface area (Å²) < 4.78 is 27.1. The van der Waals surface area contributed by atoms with Gasteiger partial charge in [0.1, 0.15) is 11.6 Å². The zero-order valence-corrected chi connectivity index (χ0v) is 12.1. The van der Waals surface area contributed by atoms with Crippen LogP contribution >= 0.6 is 15.9 Å². The van der Waals surface area contributed by atoms with Gasteiger partial charge in [-0.1, -0.05) is 18.2 Å². The Morgan fingerprint density at radius 3 is 2.45 bits per heavy atom. The van der Waals surface area contributed by atoms with E-state index in [4.69, 9.17) is 5.73 Å². The highest BCUT2D eigenvalue weighted by molar-refractivity contribution is 9.10. The fourth-order valence-electron chi connectivity index (χ4n) is 2.11. The van der Waals surface area contributed by atoms with Crippen LogP contribution in [-0.4, -0.2) is 11.7 Å². The molecule has 2 unspecified atom stereocenters. The average Bonchev–Trinajstić information content (AvgIpc) is 2.42. The van der Waals surface area contributed by atoms with Crippen LogP contribution in [0.25, 0.3) is 0 Å². The summed E-state index contributed by atoms with van der Waals surface area (Å²) in [5, 5.41) is 10.4. The van der Waals surface area contributed by atoms with Crippen LogP contribution in [0.5, 0.6) is 0 Å². The lowest BCUT2D eigenvalue weighted by Crippen LogP contribution is -2.20. The molecule has 5 heteroatoms. The molecule has 0 saturated carbocycles. The predicted molar refractivity (Wildman–Crippen MR) is 77.3 cm³/mol. The molecule has 0 aliphatic carbocycles. The van der Waals surface area contributed by atoms with E-state index in [1.807, 2.05) is 0 Å². The van der Waals surface area contributed by atoms with Gasteiger partial charge in [-0.05, 0) is 51.3 Å². The second kappa shape index (κ2) is 6.43. The first-order chi connectivity index (χ1) is 9.52. The molecule has 106 valence electrons. The molecular formula is C15H14BrF2NO. The van der Waals surface area contributed by atoms with Crippen molar-refractivity contribution in [3.63, 3.8) is 0 Å². The maximum Gasteiger partial charge on any atom is 0.137 e. The van der Waals surface area contributed by atoms with Crippen LogP contribution < -0.4 is 5.73 Å². The number of rotatable bonds is 4. The van der Waals surface area contributed by atoms with Crippen LogP contribution in [0.4, 0.5) is 8.78 Å². The van der Waals surface area contributed by atoms with Crippen molar-refractivity contribution >= 4 is 15.9 Å². The minimum atomic E-state index is -0.996. The Kier molecular flexibility index (Phi) is 4.86. The first-order valence-corrected chi connectivity index (χ1v) is 6.90. The summed E-state index contributed by atoms with van der Waals surface area (Å²) in [6.07, 6.45) is -0.996. The molecule has 0 aliphatic heterocycles. The van der Waals surface area contributed by atoms with Crippen molar-refractivity contribution < 1.29 is 13.9 Å². The molecule has 0 heterocycles. The molecule has 2 aromatic carbocycles. The molecule has 0 fully saturated rings.